The number of morpholine rings is 1. The first-order chi connectivity index (χ1) is 13.8. The molecular formula is C16H17N5O9. The van der Waals surface area contributed by atoms with Gasteiger partial charge in [0.1, 0.15) is 17.8 Å². The van der Waals surface area contributed by atoms with Gasteiger partial charge in [0.25, 0.3) is 0 Å². The zero-order chi connectivity index (χ0) is 22.1. The Balaban J connectivity index is 1.94. The number of aromatic amines is 1. The number of rotatable bonds is 2. The van der Waals surface area contributed by atoms with Crippen molar-refractivity contribution in [2.75, 3.05) is 10.6 Å². The normalized spacial score (nSPS) is 21.7. The number of fused-ring (bicyclic) bond motifs is 1. The molecule has 0 bridgehead atoms. The number of nitrogen functional groups attached to an aromatic ring is 1. The summed E-state index contributed by atoms with van der Waals surface area (Å²) in [6.07, 6.45) is 0.870. The van der Waals surface area contributed by atoms with Crippen LogP contribution in [0.2, 0.25) is 0 Å². The van der Waals surface area contributed by atoms with E-state index < -0.39 is 29.6 Å². The number of nitrogens with two attached hydrogens (primary N) is 1. The summed E-state index contributed by atoms with van der Waals surface area (Å²) < 4.78 is 3.86. The molecule has 4 rings (SSSR count). The lowest BCUT2D eigenvalue weighted by Crippen LogP contribution is -2.84. The van der Waals surface area contributed by atoms with Crippen LogP contribution >= 0.6 is 0 Å². The van der Waals surface area contributed by atoms with E-state index in [0.29, 0.717) is 16.9 Å². The standard InChI is InChI=1S/C16H17N5O9/c17-8-3-1-7(2-4-8)10-5-9-11(20-10)18-6-19-12(9)21-13(22,23)15(26,27)30-16(28,29)14(21,24)25/h1-6,22-29H,17H2,(H,18,19,20). The van der Waals surface area contributed by atoms with Crippen molar-refractivity contribution in [2.24, 2.45) is 0 Å². The van der Waals surface area contributed by atoms with E-state index in [2.05, 4.69) is 19.7 Å². The monoisotopic (exact) mass is 423 g/mol. The van der Waals surface area contributed by atoms with Crippen molar-refractivity contribution in [3.8, 4) is 11.3 Å². The number of anilines is 2. The highest BCUT2D eigenvalue weighted by molar-refractivity contribution is 5.92. The summed E-state index contributed by atoms with van der Waals surface area (Å²) in [5.41, 5.74) is 7.24. The van der Waals surface area contributed by atoms with Crippen LogP contribution in [0.3, 0.4) is 0 Å². The van der Waals surface area contributed by atoms with Gasteiger partial charge in [0.05, 0.1) is 5.39 Å². The fraction of sp³-hybridized carbons (Fsp3) is 0.250. The molecule has 1 aromatic carbocycles. The Hall–Kier alpha value is -2.92. The fourth-order valence-electron chi connectivity index (χ4n) is 3.06. The summed E-state index contributed by atoms with van der Waals surface area (Å²) in [6, 6.07) is 7.92. The highest BCUT2D eigenvalue weighted by Gasteiger charge is 2.75. The summed E-state index contributed by atoms with van der Waals surface area (Å²) >= 11 is 0. The summed E-state index contributed by atoms with van der Waals surface area (Å²) in [6.45, 7) is 0. The number of nitrogens with zero attached hydrogens (tertiary/aromatic N) is 3. The zero-order valence-electron chi connectivity index (χ0n) is 14.9. The molecule has 0 spiro atoms. The van der Waals surface area contributed by atoms with Crippen LogP contribution in [-0.4, -0.2) is 79.6 Å². The molecule has 0 radical (unpaired) electrons. The summed E-state index contributed by atoms with van der Waals surface area (Å²) in [5, 5.41) is 79.9. The van der Waals surface area contributed by atoms with Crippen LogP contribution in [0, 0.1) is 0 Å². The number of nitrogens with one attached hydrogen (secondary N) is 1. The van der Waals surface area contributed by atoms with E-state index >= 15 is 0 Å². The number of H-pyrrole nitrogens is 1. The van der Waals surface area contributed by atoms with Crippen LogP contribution in [0.1, 0.15) is 0 Å². The highest BCUT2D eigenvalue weighted by Crippen LogP contribution is 2.45. The predicted octanol–water partition coefficient (Wildman–Crippen LogP) is -3.40. The number of hydrogen-bond acceptors (Lipinski definition) is 13. The molecule has 2 aromatic heterocycles. The summed E-state index contributed by atoms with van der Waals surface area (Å²) in [7, 11) is 0. The molecule has 3 aromatic rings. The van der Waals surface area contributed by atoms with Gasteiger partial charge in [-0.15, -0.1) is 0 Å². The van der Waals surface area contributed by atoms with Gasteiger partial charge in [-0.3, -0.25) is 4.74 Å². The third-order valence-electron chi connectivity index (χ3n) is 4.62. The molecule has 3 heterocycles. The maximum absolute atomic E-state index is 10.2. The second-order valence-electron chi connectivity index (χ2n) is 6.69. The molecule has 14 heteroatoms. The number of ether oxygens (including phenoxy) is 1. The Morgan fingerprint density at radius 2 is 1.43 bits per heavy atom. The van der Waals surface area contributed by atoms with Gasteiger partial charge < -0.3 is 51.6 Å². The van der Waals surface area contributed by atoms with E-state index in [9.17, 15) is 40.9 Å². The van der Waals surface area contributed by atoms with Crippen molar-refractivity contribution in [3.63, 3.8) is 0 Å². The molecule has 0 amide bonds. The Labute approximate surface area is 166 Å². The van der Waals surface area contributed by atoms with E-state index in [1.807, 2.05) is 0 Å². The van der Waals surface area contributed by atoms with Crippen LogP contribution in [0.5, 0.6) is 0 Å². The van der Waals surface area contributed by atoms with Crippen molar-refractivity contribution in [1.29, 1.82) is 0 Å². The number of benzene rings is 1. The van der Waals surface area contributed by atoms with Crippen molar-refractivity contribution in [1.82, 2.24) is 15.0 Å². The van der Waals surface area contributed by atoms with Gasteiger partial charge >= 0.3 is 23.8 Å². The molecule has 0 aliphatic carbocycles. The van der Waals surface area contributed by atoms with E-state index in [1.54, 1.807) is 24.3 Å². The number of aliphatic hydroxyl groups is 8. The predicted molar refractivity (Wildman–Crippen MR) is 96.0 cm³/mol. The van der Waals surface area contributed by atoms with Crippen LogP contribution in [0.25, 0.3) is 22.3 Å². The maximum Gasteiger partial charge on any atom is 0.362 e. The average Bonchev–Trinajstić information content (AvgIpc) is 3.05. The largest absolute Gasteiger partial charge is 0.399 e. The lowest BCUT2D eigenvalue weighted by molar-refractivity contribution is -0.606. The first-order valence-corrected chi connectivity index (χ1v) is 8.27. The first kappa shape index (κ1) is 20.4. The van der Waals surface area contributed by atoms with Crippen LogP contribution in [-0.2, 0) is 4.74 Å². The average molecular weight is 423 g/mol. The van der Waals surface area contributed by atoms with E-state index in [1.165, 1.54) is 6.07 Å². The summed E-state index contributed by atoms with van der Waals surface area (Å²) in [4.78, 5) is 10.2. The lowest BCUT2D eigenvalue weighted by Gasteiger charge is -2.55. The Bertz CT molecular complexity index is 1080. The van der Waals surface area contributed by atoms with Gasteiger partial charge in [-0.25, -0.2) is 14.9 Å². The minimum absolute atomic E-state index is 0.0490. The molecule has 11 N–H and O–H groups in total. The maximum atomic E-state index is 10.2. The van der Waals surface area contributed by atoms with Gasteiger partial charge in [0.2, 0.25) is 0 Å². The highest BCUT2D eigenvalue weighted by atomic mass is 16.9. The molecule has 0 saturated carbocycles. The van der Waals surface area contributed by atoms with Crippen LogP contribution < -0.4 is 10.6 Å². The number of hydrogen-bond donors (Lipinski definition) is 10. The van der Waals surface area contributed by atoms with Gasteiger partial charge in [0.15, 0.2) is 0 Å². The van der Waals surface area contributed by atoms with Crippen LogP contribution in [0.15, 0.2) is 36.7 Å². The minimum Gasteiger partial charge on any atom is -0.399 e. The molecule has 1 aliphatic heterocycles. The van der Waals surface area contributed by atoms with Crippen molar-refractivity contribution in [3.05, 3.63) is 36.7 Å². The molecule has 14 nitrogen and oxygen atoms in total. The van der Waals surface area contributed by atoms with Gasteiger partial charge in [-0.1, -0.05) is 12.1 Å². The van der Waals surface area contributed by atoms with Gasteiger partial charge in [-0.2, -0.15) is 0 Å². The molecule has 0 atom stereocenters. The van der Waals surface area contributed by atoms with Crippen LogP contribution in [0.4, 0.5) is 11.5 Å². The third-order valence-corrected chi connectivity index (χ3v) is 4.62. The Morgan fingerprint density at radius 3 is 2.00 bits per heavy atom. The topological polar surface area (TPSA) is 242 Å². The van der Waals surface area contributed by atoms with E-state index in [4.69, 9.17) is 5.73 Å². The smallest absolute Gasteiger partial charge is 0.362 e. The van der Waals surface area contributed by atoms with E-state index in [0.717, 1.165) is 6.33 Å². The Morgan fingerprint density at radius 1 is 0.867 bits per heavy atom. The third kappa shape index (κ3) is 2.72. The van der Waals surface area contributed by atoms with Crippen molar-refractivity contribution in [2.45, 2.75) is 23.8 Å². The van der Waals surface area contributed by atoms with Crippen molar-refractivity contribution >= 4 is 22.5 Å². The second kappa shape index (κ2) is 6.05. The molecule has 1 saturated heterocycles. The number of aromatic nitrogens is 3. The molecule has 160 valence electrons. The zero-order valence-corrected chi connectivity index (χ0v) is 14.9. The quantitative estimate of drug-likeness (QED) is 0.143. The van der Waals surface area contributed by atoms with Gasteiger partial charge in [-0.05, 0) is 23.8 Å². The van der Waals surface area contributed by atoms with Gasteiger partial charge in [0, 0.05) is 11.4 Å². The second-order valence-corrected chi connectivity index (χ2v) is 6.69. The lowest BCUT2D eigenvalue weighted by atomic mass is 10.1. The van der Waals surface area contributed by atoms with E-state index in [-0.39, 0.29) is 15.9 Å². The first-order valence-electron chi connectivity index (χ1n) is 8.27. The fourth-order valence-corrected chi connectivity index (χ4v) is 3.06. The molecule has 30 heavy (non-hydrogen) atoms. The minimum atomic E-state index is -4.10. The molecule has 1 fully saturated rings. The molecule has 1 aliphatic rings. The molecular weight excluding hydrogens is 406 g/mol. The molecule has 0 unspecified atom stereocenters. The Kier molecular flexibility index (Phi) is 4.10. The SMILES string of the molecule is Nc1ccc(-c2cc3c(N4C(O)(O)C(O)(O)OC(O)(O)C4(O)O)ncnc3[nH]2)cc1. The van der Waals surface area contributed by atoms with Crippen molar-refractivity contribution < 1.29 is 45.6 Å². The summed E-state index contributed by atoms with van der Waals surface area (Å²) in [5.74, 6) is -17.0.